The highest BCUT2D eigenvalue weighted by atomic mass is 32.2. The molecule has 0 amide bonds. The van der Waals surface area contributed by atoms with Crippen LogP contribution in [0.5, 0.6) is 0 Å². The molecule has 3 rings (SSSR count). The maximum Gasteiger partial charge on any atom is 0.264 e. The first kappa shape index (κ1) is 26.3. The van der Waals surface area contributed by atoms with Crippen molar-refractivity contribution in [2.45, 2.75) is 88.4 Å². The third-order valence-corrected chi connectivity index (χ3v) is 8.99. The summed E-state index contributed by atoms with van der Waals surface area (Å²) in [5, 5.41) is 0. The molecule has 2 aromatic rings. The Hall–Kier alpha value is -1.30. The Morgan fingerprint density at radius 1 is 0.909 bits per heavy atom. The molecule has 2 atom stereocenters. The van der Waals surface area contributed by atoms with Gasteiger partial charge in [-0.05, 0) is 49.8 Å². The fourth-order valence-electron chi connectivity index (χ4n) is 4.96. The average Bonchev–Trinajstić information content (AvgIpc) is 2.76. The van der Waals surface area contributed by atoms with Crippen LogP contribution in [-0.4, -0.2) is 27.0 Å². The van der Waals surface area contributed by atoms with Gasteiger partial charge in [0.15, 0.2) is 0 Å². The van der Waals surface area contributed by atoms with E-state index in [1.54, 1.807) is 0 Å². The Morgan fingerprint density at radius 2 is 1.52 bits per heavy atom. The van der Waals surface area contributed by atoms with Crippen molar-refractivity contribution in [3.05, 3.63) is 64.7 Å². The first-order valence-electron chi connectivity index (χ1n) is 12.3. The Balaban J connectivity index is 1.54. The van der Waals surface area contributed by atoms with Crippen LogP contribution in [0.15, 0.2) is 47.4 Å². The number of aryl methyl sites for hydroxylation is 2. The van der Waals surface area contributed by atoms with Gasteiger partial charge in [-0.15, -0.1) is 11.8 Å². The van der Waals surface area contributed by atoms with E-state index in [0.717, 1.165) is 31.3 Å². The van der Waals surface area contributed by atoms with Gasteiger partial charge in [0.25, 0.3) is 10.1 Å². The predicted octanol–water partition coefficient (Wildman–Crippen LogP) is 7.55. The molecule has 0 saturated carbocycles. The molecule has 1 aliphatic heterocycles. The first-order valence-corrected chi connectivity index (χ1v) is 15.1. The van der Waals surface area contributed by atoms with Gasteiger partial charge in [-0.2, -0.15) is 8.42 Å². The van der Waals surface area contributed by atoms with E-state index in [1.165, 1.54) is 59.3 Å². The number of fused-ring (bicyclic) bond motifs is 1. The maximum absolute atomic E-state index is 11.0. The van der Waals surface area contributed by atoms with Gasteiger partial charge >= 0.3 is 0 Å². The molecule has 5 heteroatoms. The van der Waals surface area contributed by atoms with Crippen molar-refractivity contribution in [1.82, 2.24) is 0 Å². The average molecular weight is 489 g/mol. The largest absolute Gasteiger partial charge is 0.270 e. The van der Waals surface area contributed by atoms with Crippen molar-refractivity contribution in [2.24, 2.45) is 0 Å². The summed E-state index contributed by atoms with van der Waals surface area (Å²) in [5.74, 6) is 1.68. The van der Waals surface area contributed by atoms with Gasteiger partial charge in [-0.3, -0.25) is 4.18 Å². The van der Waals surface area contributed by atoms with Crippen LogP contribution in [0.2, 0.25) is 0 Å². The quantitative estimate of drug-likeness (QED) is 0.228. The zero-order chi connectivity index (χ0) is 23.9. The third kappa shape index (κ3) is 7.60. The van der Waals surface area contributed by atoms with E-state index in [-0.39, 0.29) is 5.41 Å². The lowest BCUT2D eigenvalue weighted by atomic mass is 9.67. The van der Waals surface area contributed by atoms with E-state index < -0.39 is 10.1 Å². The lowest BCUT2D eigenvalue weighted by Gasteiger charge is -2.43. The zero-order valence-electron chi connectivity index (χ0n) is 20.7. The molecule has 33 heavy (non-hydrogen) atoms. The fourth-order valence-corrected chi connectivity index (χ4v) is 6.85. The summed E-state index contributed by atoms with van der Waals surface area (Å²) in [6, 6.07) is 16.2. The Kier molecular flexibility index (Phi) is 9.49. The Bertz CT molecular complexity index is 998. The molecular weight excluding hydrogens is 448 g/mol. The molecule has 0 bridgehead atoms. The summed E-state index contributed by atoms with van der Waals surface area (Å²) < 4.78 is 26.8. The van der Waals surface area contributed by atoms with Crippen molar-refractivity contribution in [1.29, 1.82) is 0 Å². The number of thioether (sulfide) groups is 1. The van der Waals surface area contributed by atoms with Crippen LogP contribution >= 0.6 is 11.8 Å². The molecule has 0 aromatic heterocycles. The van der Waals surface area contributed by atoms with Crippen LogP contribution in [0.3, 0.4) is 0 Å². The lowest BCUT2D eigenvalue weighted by Crippen LogP contribution is -2.36. The number of unbranched alkanes of at least 4 members (excludes halogenated alkanes) is 6. The molecule has 1 aliphatic rings. The summed E-state index contributed by atoms with van der Waals surface area (Å²) in [5.41, 5.74) is 5.82. The first-order chi connectivity index (χ1) is 15.7. The summed E-state index contributed by atoms with van der Waals surface area (Å²) in [7, 11) is -3.30. The zero-order valence-corrected chi connectivity index (χ0v) is 22.4. The standard InChI is InChI=1S/C28H40O3S2/c1-22-13-16-24(17-14-22)28(3)21-32-27-20-23(2)15-18-25(27)26(28)12-10-8-6-5-7-9-11-19-31-33(4,29)30/h13-18,20,26H,5-12,19,21H2,1-4H3. The second-order valence-electron chi connectivity index (χ2n) is 9.96. The van der Waals surface area contributed by atoms with Gasteiger partial charge < -0.3 is 0 Å². The Morgan fingerprint density at radius 3 is 2.18 bits per heavy atom. The highest BCUT2D eigenvalue weighted by Gasteiger charge is 2.40. The van der Waals surface area contributed by atoms with Crippen LogP contribution in [0, 0.1) is 13.8 Å². The van der Waals surface area contributed by atoms with E-state index in [1.807, 2.05) is 11.8 Å². The van der Waals surface area contributed by atoms with Gasteiger partial charge in [0, 0.05) is 16.1 Å². The number of benzene rings is 2. The minimum absolute atomic E-state index is 0.153. The molecule has 0 fully saturated rings. The molecule has 182 valence electrons. The molecule has 2 unspecified atom stereocenters. The van der Waals surface area contributed by atoms with Crippen molar-refractivity contribution >= 4 is 21.9 Å². The summed E-state index contributed by atoms with van der Waals surface area (Å²) in [6.07, 6.45) is 10.3. The third-order valence-electron chi connectivity index (χ3n) is 6.99. The van der Waals surface area contributed by atoms with Gasteiger partial charge in [0.05, 0.1) is 12.9 Å². The van der Waals surface area contributed by atoms with E-state index >= 15 is 0 Å². The lowest BCUT2D eigenvalue weighted by molar-refractivity contribution is 0.309. The highest BCUT2D eigenvalue weighted by molar-refractivity contribution is 7.99. The molecule has 2 aromatic carbocycles. The van der Waals surface area contributed by atoms with Crippen molar-refractivity contribution in [2.75, 3.05) is 18.6 Å². The maximum atomic E-state index is 11.0. The SMILES string of the molecule is Cc1ccc(C2(C)CSc3cc(C)ccc3C2CCCCCCCCCOS(C)(=O)=O)cc1. The molecule has 3 nitrogen and oxygen atoms in total. The molecule has 1 heterocycles. The van der Waals surface area contributed by atoms with Gasteiger partial charge in [-0.25, -0.2) is 0 Å². The van der Waals surface area contributed by atoms with Gasteiger partial charge in [0.1, 0.15) is 0 Å². The molecule has 0 radical (unpaired) electrons. The summed E-state index contributed by atoms with van der Waals surface area (Å²) in [6.45, 7) is 7.14. The van der Waals surface area contributed by atoms with E-state index in [0.29, 0.717) is 12.5 Å². The number of hydrogen-bond donors (Lipinski definition) is 0. The number of rotatable bonds is 12. The molecule has 0 spiro atoms. The highest BCUT2D eigenvalue weighted by Crippen LogP contribution is 2.52. The molecule has 0 saturated heterocycles. The fraction of sp³-hybridized carbons (Fsp3) is 0.571. The smallest absolute Gasteiger partial charge is 0.264 e. The topological polar surface area (TPSA) is 43.4 Å². The second-order valence-corrected chi connectivity index (χ2v) is 12.6. The van der Waals surface area contributed by atoms with Crippen LogP contribution < -0.4 is 0 Å². The molecule has 0 N–H and O–H groups in total. The minimum Gasteiger partial charge on any atom is -0.270 e. The van der Waals surface area contributed by atoms with Crippen LogP contribution in [0.25, 0.3) is 0 Å². The number of hydrogen-bond acceptors (Lipinski definition) is 4. The van der Waals surface area contributed by atoms with Crippen LogP contribution in [0.4, 0.5) is 0 Å². The van der Waals surface area contributed by atoms with Gasteiger partial charge in [0.2, 0.25) is 0 Å². The Labute approximate surface area is 205 Å². The summed E-state index contributed by atoms with van der Waals surface area (Å²) >= 11 is 2.02. The van der Waals surface area contributed by atoms with Crippen LogP contribution in [-0.2, 0) is 19.7 Å². The van der Waals surface area contributed by atoms with Crippen molar-refractivity contribution in [3.63, 3.8) is 0 Å². The van der Waals surface area contributed by atoms with Gasteiger partial charge in [-0.1, -0.05) is 93.0 Å². The predicted molar refractivity (Wildman–Crippen MR) is 141 cm³/mol. The second kappa shape index (κ2) is 11.9. The summed E-state index contributed by atoms with van der Waals surface area (Å²) in [4.78, 5) is 1.47. The van der Waals surface area contributed by atoms with Crippen molar-refractivity contribution < 1.29 is 12.6 Å². The minimum atomic E-state index is -3.30. The van der Waals surface area contributed by atoms with Crippen LogP contribution in [0.1, 0.15) is 86.5 Å². The van der Waals surface area contributed by atoms with E-state index in [4.69, 9.17) is 4.18 Å². The normalized spacial score (nSPS) is 20.5. The molecule has 0 aliphatic carbocycles. The monoisotopic (exact) mass is 488 g/mol. The van der Waals surface area contributed by atoms with Crippen molar-refractivity contribution in [3.8, 4) is 0 Å². The molecular formula is C28H40O3S2. The van der Waals surface area contributed by atoms with E-state index in [2.05, 4.69) is 63.2 Å². The van der Waals surface area contributed by atoms with E-state index in [9.17, 15) is 8.42 Å².